The predicted octanol–water partition coefficient (Wildman–Crippen LogP) is 2.08. The van der Waals surface area contributed by atoms with Gasteiger partial charge in [-0.1, -0.05) is 6.92 Å². The van der Waals surface area contributed by atoms with Crippen LogP contribution >= 0.6 is 0 Å². The van der Waals surface area contributed by atoms with Gasteiger partial charge in [-0.25, -0.2) is 0 Å². The normalized spacial score (nSPS) is 18.2. The Morgan fingerprint density at radius 2 is 1.86 bits per heavy atom. The molecule has 2 rings (SSSR count). The van der Waals surface area contributed by atoms with Crippen molar-refractivity contribution in [2.75, 3.05) is 39.8 Å². The first-order chi connectivity index (χ1) is 13.3. The van der Waals surface area contributed by atoms with E-state index in [0.717, 1.165) is 31.8 Å². The Hall–Kier alpha value is -2.29. The summed E-state index contributed by atoms with van der Waals surface area (Å²) in [5.74, 6) is 0.245. The molecule has 3 N–H and O–H groups in total. The maximum atomic E-state index is 12.6. The number of carbonyl (C=O) groups is 1. The van der Waals surface area contributed by atoms with E-state index in [1.807, 2.05) is 0 Å². The fourth-order valence-corrected chi connectivity index (χ4v) is 3.25. The minimum atomic E-state index is -4.41. The van der Waals surface area contributed by atoms with Gasteiger partial charge in [0.2, 0.25) is 0 Å². The maximum Gasteiger partial charge on any atom is 0.416 e. The molecule has 1 atom stereocenters. The number of aliphatic imine (C=N–C) groups is 1. The summed E-state index contributed by atoms with van der Waals surface area (Å²) in [4.78, 5) is 18.6. The van der Waals surface area contributed by atoms with Crippen molar-refractivity contribution in [2.24, 2.45) is 4.99 Å². The number of likely N-dealkylation sites (tertiary alicyclic amines) is 1. The van der Waals surface area contributed by atoms with Crippen LogP contribution in [0.1, 0.15) is 35.7 Å². The van der Waals surface area contributed by atoms with Crippen LogP contribution in [0.4, 0.5) is 13.2 Å². The lowest BCUT2D eigenvalue weighted by atomic mass is 10.1. The van der Waals surface area contributed by atoms with Gasteiger partial charge in [0.05, 0.1) is 5.56 Å². The van der Waals surface area contributed by atoms with Crippen LogP contribution in [0.2, 0.25) is 0 Å². The number of likely N-dealkylation sites (N-methyl/N-ethyl adjacent to an activating group) is 1. The van der Waals surface area contributed by atoms with Gasteiger partial charge in [-0.05, 0) is 50.2 Å². The zero-order chi connectivity index (χ0) is 20.6. The highest BCUT2D eigenvalue weighted by atomic mass is 19.4. The minimum absolute atomic E-state index is 0.191. The summed E-state index contributed by atoms with van der Waals surface area (Å²) in [5, 5.41) is 9.09. The second-order valence-electron chi connectivity index (χ2n) is 6.64. The SMILES string of the molecule is CCN1CCCC1CNC(=NC)NCCNC(=O)c1ccc(C(F)(F)F)cc1. The minimum Gasteiger partial charge on any atom is -0.355 e. The van der Waals surface area contributed by atoms with E-state index in [9.17, 15) is 18.0 Å². The van der Waals surface area contributed by atoms with E-state index in [4.69, 9.17) is 0 Å². The Morgan fingerprint density at radius 3 is 2.46 bits per heavy atom. The van der Waals surface area contributed by atoms with Crippen molar-refractivity contribution >= 4 is 11.9 Å². The molecule has 1 aromatic carbocycles. The number of nitrogens with one attached hydrogen (secondary N) is 3. The highest BCUT2D eigenvalue weighted by Gasteiger charge is 2.30. The monoisotopic (exact) mass is 399 g/mol. The molecule has 156 valence electrons. The number of carbonyl (C=O) groups excluding carboxylic acids is 1. The van der Waals surface area contributed by atoms with E-state index in [-0.39, 0.29) is 5.56 Å². The van der Waals surface area contributed by atoms with Gasteiger partial charge in [-0.2, -0.15) is 13.2 Å². The number of hydrogen-bond acceptors (Lipinski definition) is 3. The lowest BCUT2D eigenvalue weighted by Crippen LogP contribution is -2.46. The molecule has 0 aliphatic carbocycles. The highest BCUT2D eigenvalue weighted by molar-refractivity contribution is 5.94. The number of benzene rings is 1. The summed E-state index contributed by atoms with van der Waals surface area (Å²) < 4.78 is 37.7. The second-order valence-corrected chi connectivity index (χ2v) is 6.64. The van der Waals surface area contributed by atoms with Gasteiger partial charge >= 0.3 is 6.18 Å². The summed E-state index contributed by atoms with van der Waals surface area (Å²) in [5.41, 5.74) is -0.583. The lowest BCUT2D eigenvalue weighted by Gasteiger charge is -2.24. The van der Waals surface area contributed by atoms with Gasteiger partial charge in [-0.15, -0.1) is 0 Å². The van der Waals surface area contributed by atoms with Crippen molar-refractivity contribution in [3.63, 3.8) is 0 Å². The number of amides is 1. The smallest absolute Gasteiger partial charge is 0.355 e. The van der Waals surface area contributed by atoms with E-state index in [1.165, 1.54) is 25.0 Å². The number of nitrogens with zero attached hydrogens (tertiary/aromatic N) is 2. The average molecular weight is 399 g/mol. The van der Waals surface area contributed by atoms with E-state index < -0.39 is 17.6 Å². The number of guanidine groups is 1. The summed E-state index contributed by atoms with van der Waals surface area (Å²) in [6, 6.07) is 4.66. The third-order valence-corrected chi connectivity index (χ3v) is 4.81. The van der Waals surface area contributed by atoms with Gasteiger partial charge in [-0.3, -0.25) is 14.7 Å². The standard InChI is InChI=1S/C19H28F3N5O/c1-3-27-12-4-5-16(27)13-26-18(23-2)25-11-10-24-17(28)14-6-8-15(9-7-14)19(20,21)22/h6-9,16H,3-5,10-13H2,1-2H3,(H,24,28)(H2,23,25,26). The molecule has 1 aliphatic heterocycles. The van der Waals surface area contributed by atoms with Crippen LogP contribution in [0.25, 0.3) is 0 Å². The Morgan fingerprint density at radius 1 is 1.18 bits per heavy atom. The van der Waals surface area contributed by atoms with Gasteiger partial charge in [0.1, 0.15) is 0 Å². The van der Waals surface area contributed by atoms with E-state index >= 15 is 0 Å². The first-order valence-corrected chi connectivity index (χ1v) is 9.49. The van der Waals surface area contributed by atoms with Crippen molar-refractivity contribution in [3.8, 4) is 0 Å². The van der Waals surface area contributed by atoms with Crippen LogP contribution in [0.3, 0.4) is 0 Å². The number of halogens is 3. The molecule has 1 aromatic rings. The molecule has 1 heterocycles. The largest absolute Gasteiger partial charge is 0.416 e. The lowest BCUT2D eigenvalue weighted by molar-refractivity contribution is -0.137. The Balaban J connectivity index is 1.69. The first-order valence-electron chi connectivity index (χ1n) is 9.49. The van der Waals surface area contributed by atoms with Gasteiger partial charge < -0.3 is 16.0 Å². The molecule has 0 spiro atoms. The second kappa shape index (κ2) is 10.3. The van der Waals surface area contributed by atoms with Crippen LogP contribution in [0.5, 0.6) is 0 Å². The quantitative estimate of drug-likeness (QED) is 0.373. The molecule has 1 amide bonds. The zero-order valence-electron chi connectivity index (χ0n) is 16.3. The molecule has 0 radical (unpaired) electrons. The molecule has 0 aromatic heterocycles. The molecule has 0 saturated carbocycles. The molecular formula is C19H28F3N5O. The van der Waals surface area contributed by atoms with Gasteiger partial charge in [0.25, 0.3) is 5.91 Å². The predicted molar refractivity (Wildman–Crippen MR) is 103 cm³/mol. The molecule has 28 heavy (non-hydrogen) atoms. The van der Waals surface area contributed by atoms with Crippen LogP contribution in [0.15, 0.2) is 29.3 Å². The third kappa shape index (κ3) is 6.40. The van der Waals surface area contributed by atoms with Crippen molar-refractivity contribution < 1.29 is 18.0 Å². The van der Waals surface area contributed by atoms with Gasteiger partial charge in [0, 0.05) is 38.3 Å². The number of alkyl halides is 3. The Kier molecular flexibility index (Phi) is 8.10. The zero-order valence-corrected chi connectivity index (χ0v) is 16.3. The molecule has 1 unspecified atom stereocenters. The summed E-state index contributed by atoms with van der Waals surface area (Å²) in [6.07, 6.45) is -2.03. The van der Waals surface area contributed by atoms with Crippen LogP contribution in [-0.4, -0.2) is 62.6 Å². The van der Waals surface area contributed by atoms with Crippen LogP contribution in [0, 0.1) is 0 Å². The molecule has 6 nitrogen and oxygen atoms in total. The maximum absolute atomic E-state index is 12.6. The van der Waals surface area contributed by atoms with Crippen LogP contribution in [-0.2, 0) is 6.18 Å². The summed E-state index contributed by atoms with van der Waals surface area (Å²) in [7, 11) is 1.68. The van der Waals surface area contributed by atoms with E-state index in [0.29, 0.717) is 25.1 Å². The van der Waals surface area contributed by atoms with E-state index in [2.05, 4.69) is 32.8 Å². The van der Waals surface area contributed by atoms with Crippen LogP contribution < -0.4 is 16.0 Å². The van der Waals surface area contributed by atoms with Gasteiger partial charge in [0.15, 0.2) is 5.96 Å². The third-order valence-electron chi connectivity index (χ3n) is 4.81. The fraction of sp³-hybridized carbons (Fsp3) is 0.579. The number of hydrogen-bond donors (Lipinski definition) is 3. The Labute approximate surface area is 163 Å². The van der Waals surface area contributed by atoms with E-state index in [1.54, 1.807) is 7.05 Å². The van der Waals surface area contributed by atoms with Crippen molar-refractivity contribution in [1.29, 1.82) is 0 Å². The van der Waals surface area contributed by atoms with Crippen molar-refractivity contribution in [1.82, 2.24) is 20.9 Å². The van der Waals surface area contributed by atoms with Crippen molar-refractivity contribution in [3.05, 3.63) is 35.4 Å². The molecule has 0 bridgehead atoms. The molecule has 9 heteroatoms. The molecular weight excluding hydrogens is 371 g/mol. The summed E-state index contributed by atoms with van der Waals surface area (Å²) >= 11 is 0. The number of rotatable bonds is 7. The molecule has 1 aliphatic rings. The highest BCUT2D eigenvalue weighted by Crippen LogP contribution is 2.29. The molecule has 1 saturated heterocycles. The fourth-order valence-electron chi connectivity index (χ4n) is 3.25. The molecule has 1 fully saturated rings. The van der Waals surface area contributed by atoms with Crippen molar-refractivity contribution in [2.45, 2.75) is 32.0 Å². The Bertz CT molecular complexity index is 661. The first kappa shape index (κ1) is 22.0. The summed E-state index contributed by atoms with van der Waals surface area (Å²) in [6.45, 7) is 5.91. The topological polar surface area (TPSA) is 68.8 Å². The average Bonchev–Trinajstić information content (AvgIpc) is 3.14.